The van der Waals surface area contributed by atoms with Gasteiger partial charge in [-0.15, -0.1) is 0 Å². The summed E-state index contributed by atoms with van der Waals surface area (Å²) in [6.07, 6.45) is 0. The zero-order valence-corrected chi connectivity index (χ0v) is 20.1. The number of para-hydroxylation sites is 1. The fraction of sp³-hybridized carbons (Fsp3) is 0.238. The van der Waals surface area contributed by atoms with Crippen molar-refractivity contribution in [1.29, 1.82) is 0 Å². The van der Waals surface area contributed by atoms with Gasteiger partial charge in [-0.2, -0.15) is 0 Å². The van der Waals surface area contributed by atoms with Crippen molar-refractivity contribution in [1.82, 2.24) is 29.2 Å². The van der Waals surface area contributed by atoms with Gasteiger partial charge in [0.1, 0.15) is 22.9 Å². The largest absolute Gasteiger partial charge is 0.494 e. The molecule has 2 N–H and O–H groups in total. The van der Waals surface area contributed by atoms with Crippen molar-refractivity contribution in [3.8, 4) is 34.6 Å². The number of nitrogens with one attached hydrogen (secondary N) is 1. The van der Waals surface area contributed by atoms with E-state index in [-0.39, 0.29) is 23.0 Å². The van der Waals surface area contributed by atoms with E-state index in [9.17, 15) is 4.21 Å². The van der Waals surface area contributed by atoms with Crippen molar-refractivity contribution < 1.29 is 23.0 Å². The van der Waals surface area contributed by atoms with Gasteiger partial charge >= 0.3 is 0 Å². The number of imidazole rings is 1. The third kappa shape index (κ3) is 4.66. The Morgan fingerprint density at radius 1 is 1.06 bits per heavy atom. The van der Waals surface area contributed by atoms with E-state index < -0.39 is 11.3 Å². The lowest BCUT2D eigenvalue weighted by Gasteiger charge is -2.16. The monoisotopic (exact) mass is 504 g/mol. The number of ether oxygens (including phenoxy) is 3. The summed E-state index contributed by atoms with van der Waals surface area (Å²) in [5.41, 5.74) is 1.84. The third-order valence-corrected chi connectivity index (χ3v) is 5.45. The van der Waals surface area contributed by atoms with E-state index in [1.54, 1.807) is 55.2 Å². The van der Waals surface area contributed by atoms with E-state index in [2.05, 4.69) is 24.7 Å². The summed E-state index contributed by atoms with van der Waals surface area (Å²) in [4.78, 5) is 18.2. The number of methoxy groups -OCH3 is 2. The standard InChI is InChI=1S/C21H21ClN6O5S/c1-4-33-16-10-5-7-12(24-16)20-27-19-21(25-13(18(22)26-19)11-23-34(29)30)28(20)17-14(31-2)8-6-9-15(17)32-3/h5-10,23H,4,11H2,1-3H3,(H,29,30). The number of rotatable bonds is 9. The van der Waals surface area contributed by atoms with Gasteiger partial charge < -0.3 is 14.2 Å². The first kappa shape index (κ1) is 23.8. The highest BCUT2D eigenvalue weighted by Crippen LogP contribution is 2.38. The van der Waals surface area contributed by atoms with Crippen LogP contribution in [0.2, 0.25) is 5.15 Å². The second-order valence-electron chi connectivity index (χ2n) is 6.75. The number of benzene rings is 1. The summed E-state index contributed by atoms with van der Waals surface area (Å²) >= 11 is 4.04. The van der Waals surface area contributed by atoms with Gasteiger partial charge in [0.2, 0.25) is 17.1 Å². The summed E-state index contributed by atoms with van der Waals surface area (Å²) in [6.45, 7) is 2.23. The molecule has 3 aromatic heterocycles. The minimum Gasteiger partial charge on any atom is -0.494 e. The van der Waals surface area contributed by atoms with Crippen LogP contribution in [-0.2, 0) is 17.8 Å². The Kier molecular flexibility index (Phi) is 7.22. The number of fused-ring (bicyclic) bond motifs is 1. The highest BCUT2D eigenvalue weighted by molar-refractivity contribution is 7.77. The smallest absolute Gasteiger partial charge is 0.232 e. The Morgan fingerprint density at radius 2 is 1.76 bits per heavy atom. The summed E-state index contributed by atoms with van der Waals surface area (Å²) in [6, 6.07) is 10.7. The Labute approximate surface area is 202 Å². The zero-order chi connectivity index (χ0) is 24.2. The average Bonchev–Trinajstić information content (AvgIpc) is 3.19. The van der Waals surface area contributed by atoms with Gasteiger partial charge in [0.25, 0.3) is 0 Å². The van der Waals surface area contributed by atoms with E-state index in [0.29, 0.717) is 46.8 Å². The summed E-state index contributed by atoms with van der Waals surface area (Å²) in [7, 11) is 3.08. The Bertz CT molecular complexity index is 1340. The van der Waals surface area contributed by atoms with Gasteiger partial charge in [0, 0.05) is 6.07 Å². The number of hydrogen-bond acceptors (Lipinski definition) is 8. The molecule has 0 amide bonds. The topological polar surface area (TPSA) is 134 Å². The molecule has 0 saturated carbocycles. The molecule has 0 aliphatic heterocycles. The maximum Gasteiger partial charge on any atom is 0.232 e. The second kappa shape index (κ2) is 10.3. The van der Waals surface area contributed by atoms with Crippen molar-refractivity contribution in [3.05, 3.63) is 47.2 Å². The Balaban J connectivity index is 2.05. The minimum atomic E-state index is -2.25. The van der Waals surface area contributed by atoms with Crippen molar-refractivity contribution in [2.75, 3.05) is 20.8 Å². The lowest BCUT2D eigenvalue weighted by molar-refractivity contribution is 0.327. The van der Waals surface area contributed by atoms with Crippen LogP contribution in [0.3, 0.4) is 0 Å². The minimum absolute atomic E-state index is 0.0460. The SMILES string of the molecule is CCOc1cccc(-c2nc3nc(Cl)c(CNS(=O)O)nc3n2-c2c(OC)cccc2OC)n1. The number of halogens is 1. The maximum atomic E-state index is 11.1. The number of nitrogens with zero attached hydrogens (tertiary/aromatic N) is 5. The molecule has 1 unspecified atom stereocenters. The van der Waals surface area contributed by atoms with Crippen LogP contribution in [0, 0.1) is 0 Å². The predicted octanol–water partition coefficient (Wildman–Crippen LogP) is 3.17. The first-order valence-electron chi connectivity index (χ1n) is 10.1. The van der Waals surface area contributed by atoms with E-state index >= 15 is 0 Å². The number of hydrogen-bond donors (Lipinski definition) is 2. The van der Waals surface area contributed by atoms with E-state index in [0.717, 1.165) is 0 Å². The van der Waals surface area contributed by atoms with Crippen LogP contribution in [-0.4, -0.2) is 54.1 Å². The fourth-order valence-electron chi connectivity index (χ4n) is 3.35. The summed E-state index contributed by atoms with van der Waals surface area (Å²) in [5, 5.41) is 0.0460. The van der Waals surface area contributed by atoms with Gasteiger partial charge in [-0.05, 0) is 25.1 Å². The molecule has 1 aromatic carbocycles. The molecule has 1 atom stereocenters. The van der Waals surface area contributed by atoms with Gasteiger partial charge in [0.15, 0.2) is 22.3 Å². The molecule has 0 bridgehead atoms. The molecule has 3 heterocycles. The molecule has 0 fully saturated rings. The second-order valence-corrected chi connectivity index (χ2v) is 7.90. The molecule has 0 aliphatic carbocycles. The van der Waals surface area contributed by atoms with Crippen molar-refractivity contribution in [3.63, 3.8) is 0 Å². The summed E-state index contributed by atoms with van der Waals surface area (Å²) < 4.78 is 41.1. The van der Waals surface area contributed by atoms with Crippen LogP contribution in [0.15, 0.2) is 36.4 Å². The molecule has 178 valence electrons. The van der Waals surface area contributed by atoms with Gasteiger partial charge in [-0.1, -0.05) is 23.7 Å². The van der Waals surface area contributed by atoms with Gasteiger partial charge in [-0.3, -0.25) is 9.12 Å². The van der Waals surface area contributed by atoms with Crippen LogP contribution in [0.1, 0.15) is 12.6 Å². The molecule has 34 heavy (non-hydrogen) atoms. The molecular weight excluding hydrogens is 484 g/mol. The lowest BCUT2D eigenvalue weighted by Crippen LogP contribution is -2.17. The molecule has 0 spiro atoms. The molecule has 13 heteroatoms. The Morgan fingerprint density at radius 3 is 2.41 bits per heavy atom. The third-order valence-electron chi connectivity index (χ3n) is 4.75. The van der Waals surface area contributed by atoms with E-state index in [1.165, 1.54) is 0 Å². The van der Waals surface area contributed by atoms with E-state index in [4.69, 9.17) is 30.4 Å². The summed E-state index contributed by atoms with van der Waals surface area (Å²) in [5.74, 6) is 1.81. The highest BCUT2D eigenvalue weighted by atomic mass is 35.5. The molecule has 4 rings (SSSR count). The van der Waals surface area contributed by atoms with Crippen molar-refractivity contribution >= 4 is 34.2 Å². The van der Waals surface area contributed by atoms with Crippen LogP contribution >= 0.6 is 11.6 Å². The molecule has 0 radical (unpaired) electrons. The Hall–Kier alpha value is -3.32. The molecule has 11 nitrogen and oxygen atoms in total. The first-order chi connectivity index (χ1) is 16.5. The van der Waals surface area contributed by atoms with Crippen molar-refractivity contribution in [2.24, 2.45) is 0 Å². The number of pyridine rings is 1. The maximum absolute atomic E-state index is 11.1. The normalized spacial score (nSPS) is 12.0. The van der Waals surface area contributed by atoms with Crippen LogP contribution in [0.4, 0.5) is 0 Å². The average molecular weight is 505 g/mol. The quantitative estimate of drug-likeness (QED) is 0.329. The van der Waals surface area contributed by atoms with E-state index in [1.807, 2.05) is 6.92 Å². The first-order valence-corrected chi connectivity index (χ1v) is 11.6. The van der Waals surface area contributed by atoms with Crippen LogP contribution in [0.25, 0.3) is 28.5 Å². The number of aromatic nitrogens is 5. The van der Waals surface area contributed by atoms with Gasteiger partial charge in [-0.25, -0.2) is 28.9 Å². The lowest BCUT2D eigenvalue weighted by atomic mass is 10.2. The van der Waals surface area contributed by atoms with Gasteiger partial charge in [0.05, 0.1) is 33.1 Å². The van der Waals surface area contributed by atoms with Crippen LogP contribution < -0.4 is 18.9 Å². The molecule has 0 aliphatic rings. The fourth-order valence-corrected chi connectivity index (χ4v) is 3.80. The molecule has 4 aromatic rings. The van der Waals surface area contributed by atoms with Crippen molar-refractivity contribution in [2.45, 2.75) is 13.5 Å². The highest BCUT2D eigenvalue weighted by Gasteiger charge is 2.25. The molecular formula is C21H21ClN6O5S. The van der Waals surface area contributed by atoms with Crippen LogP contribution in [0.5, 0.6) is 17.4 Å². The predicted molar refractivity (Wildman–Crippen MR) is 127 cm³/mol. The zero-order valence-electron chi connectivity index (χ0n) is 18.5. The molecule has 0 saturated heterocycles.